The van der Waals surface area contributed by atoms with E-state index in [-0.39, 0.29) is 19.1 Å². The molecule has 0 saturated heterocycles. The highest BCUT2D eigenvalue weighted by atomic mass is 16.6. The molecule has 5 heteroatoms. The van der Waals surface area contributed by atoms with Gasteiger partial charge in [-0.2, -0.15) is 0 Å². The van der Waals surface area contributed by atoms with Gasteiger partial charge >= 0.3 is 11.9 Å². The van der Waals surface area contributed by atoms with Gasteiger partial charge in [-0.1, -0.05) is 13.0 Å². The number of rotatable bonds is 7. The summed E-state index contributed by atoms with van der Waals surface area (Å²) < 4.78 is 9.95. The Morgan fingerprint density at radius 1 is 1.20 bits per heavy atom. The lowest BCUT2D eigenvalue weighted by molar-refractivity contribution is -0.164. The molecule has 1 aromatic heterocycles. The molecular weight excluding hydrogens is 258 g/mol. The summed E-state index contributed by atoms with van der Waals surface area (Å²) in [4.78, 5) is 27.9. The lowest BCUT2D eigenvalue weighted by Gasteiger charge is -2.20. The number of ether oxygens (including phenoxy) is 2. The van der Waals surface area contributed by atoms with Gasteiger partial charge in [0.05, 0.1) is 13.2 Å². The molecule has 0 fully saturated rings. The predicted octanol–water partition coefficient (Wildman–Crippen LogP) is 2.00. The molecular formula is C15H21NO4. The van der Waals surface area contributed by atoms with Gasteiger partial charge in [0.15, 0.2) is 5.92 Å². The van der Waals surface area contributed by atoms with E-state index in [1.54, 1.807) is 26.2 Å². The standard InChI is InChI=1S/C15H21NO4/c1-4-19-14(17)13(15(18)20-5-2)11(3)9-12-7-6-8-16-10-12/h6-8,10-11,13H,4-5,9H2,1-3H3. The van der Waals surface area contributed by atoms with Gasteiger partial charge in [0, 0.05) is 12.4 Å². The fraction of sp³-hybridized carbons (Fsp3) is 0.533. The maximum atomic E-state index is 12.0. The number of esters is 2. The van der Waals surface area contributed by atoms with Crippen molar-refractivity contribution in [2.75, 3.05) is 13.2 Å². The first kappa shape index (κ1) is 16.1. The van der Waals surface area contributed by atoms with Crippen molar-refractivity contribution in [1.29, 1.82) is 0 Å². The van der Waals surface area contributed by atoms with Crippen molar-refractivity contribution < 1.29 is 19.1 Å². The molecule has 1 aromatic rings. The Morgan fingerprint density at radius 3 is 2.25 bits per heavy atom. The molecule has 0 saturated carbocycles. The quantitative estimate of drug-likeness (QED) is 0.564. The SMILES string of the molecule is CCOC(=O)C(C(=O)OCC)C(C)Cc1cccnc1. The van der Waals surface area contributed by atoms with Crippen LogP contribution in [0, 0.1) is 11.8 Å². The van der Waals surface area contributed by atoms with Crippen LogP contribution in [0.4, 0.5) is 0 Å². The maximum absolute atomic E-state index is 12.0. The smallest absolute Gasteiger partial charge is 0.320 e. The second-order valence-corrected chi connectivity index (χ2v) is 4.52. The molecule has 0 spiro atoms. The molecule has 0 aromatic carbocycles. The van der Waals surface area contributed by atoms with Crippen molar-refractivity contribution in [2.45, 2.75) is 27.2 Å². The zero-order chi connectivity index (χ0) is 15.0. The summed E-state index contributed by atoms with van der Waals surface area (Å²) in [6.07, 6.45) is 3.97. The molecule has 0 aliphatic rings. The average Bonchev–Trinajstić information content (AvgIpc) is 2.40. The van der Waals surface area contributed by atoms with Crippen LogP contribution in [-0.2, 0) is 25.5 Å². The minimum absolute atomic E-state index is 0.211. The van der Waals surface area contributed by atoms with Crippen LogP contribution in [0.15, 0.2) is 24.5 Å². The third kappa shape index (κ3) is 4.64. The van der Waals surface area contributed by atoms with Crippen LogP contribution < -0.4 is 0 Å². The van der Waals surface area contributed by atoms with Crippen LogP contribution in [0.3, 0.4) is 0 Å². The lowest BCUT2D eigenvalue weighted by Crippen LogP contribution is -2.34. The summed E-state index contributed by atoms with van der Waals surface area (Å²) in [5.74, 6) is -2.16. The first-order chi connectivity index (χ1) is 9.60. The first-order valence-electron chi connectivity index (χ1n) is 6.82. The normalized spacial score (nSPS) is 12.0. The van der Waals surface area contributed by atoms with Crippen LogP contribution in [0.25, 0.3) is 0 Å². The van der Waals surface area contributed by atoms with Gasteiger partial charge in [-0.05, 0) is 37.8 Å². The second-order valence-electron chi connectivity index (χ2n) is 4.52. The minimum atomic E-state index is -0.893. The van der Waals surface area contributed by atoms with E-state index in [1.807, 2.05) is 19.1 Å². The van der Waals surface area contributed by atoms with Crippen molar-refractivity contribution in [2.24, 2.45) is 11.8 Å². The van der Waals surface area contributed by atoms with Gasteiger partial charge in [0.1, 0.15) is 0 Å². The number of aromatic nitrogens is 1. The fourth-order valence-electron chi connectivity index (χ4n) is 2.03. The summed E-state index contributed by atoms with van der Waals surface area (Å²) in [6.45, 7) is 5.76. The molecule has 0 amide bonds. The molecule has 0 aliphatic carbocycles. The van der Waals surface area contributed by atoms with E-state index in [4.69, 9.17) is 9.47 Å². The van der Waals surface area contributed by atoms with Gasteiger partial charge in [-0.25, -0.2) is 0 Å². The molecule has 1 unspecified atom stereocenters. The van der Waals surface area contributed by atoms with E-state index < -0.39 is 17.9 Å². The van der Waals surface area contributed by atoms with E-state index >= 15 is 0 Å². The summed E-state index contributed by atoms with van der Waals surface area (Å²) in [5, 5.41) is 0. The molecule has 20 heavy (non-hydrogen) atoms. The summed E-state index contributed by atoms with van der Waals surface area (Å²) in [6, 6.07) is 3.74. The molecule has 110 valence electrons. The summed E-state index contributed by atoms with van der Waals surface area (Å²) in [7, 11) is 0. The third-order valence-electron chi connectivity index (χ3n) is 2.93. The van der Waals surface area contributed by atoms with E-state index in [2.05, 4.69) is 4.98 Å². The Labute approximate surface area is 119 Å². The van der Waals surface area contributed by atoms with Crippen molar-refractivity contribution in [1.82, 2.24) is 4.98 Å². The Bertz CT molecular complexity index is 415. The number of hydrogen-bond donors (Lipinski definition) is 0. The molecule has 0 bridgehead atoms. The zero-order valence-corrected chi connectivity index (χ0v) is 12.2. The Morgan fingerprint density at radius 2 is 1.80 bits per heavy atom. The van der Waals surface area contributed by atoms with E-state index in [9.17, 15) is 9.59 Å². The maximum Gasteiger partial charge on any atom is 0.320 e. The fourth-order valence-corrected chi connectivity index (χ4v) is 2.03. The Kier molecular flexibility index (Phi) is 6.70. The van der Waals surface area contributed by atoms with Gasteiger partial charge in [0.2, 0.25) is 0 Å². The van der Waals surface area contributed by atoms with E-state index in [1.165, 1.54) is 0 Å². The number of hydrogen-bond acceptors (Lipinski definition) is 5. The zero-order valence-electron chi connectivity index (χ0n) is 12.2. The topological polar surface area (TPSA) is 65.5 Å². The Hall–Kier alpha value is -1.91. The van der Waals surface area contributed by atoms with Crippen LogP contribution in [0.2, 0.25) is 0 Å². The van der Waals surface area contributed by atoms with Crippen molar-refractivity contribution in [3.8, 4) is 0 Å². The van der Waals surface area contributed by atoms with Crippen molar-refractivity contribution >= 4 is 11.9 Å². The molecule has 1 atom stereocenters. The number of nitrogens with zero attached hydrogens (tertiary/aromatic N) is 1. The molecule has 5 nitrogen and oxygen atoms in total. The lowest BCUT2D eigenvalue weighted by atomic mass is 9.88. The van der Waals surface area contributed by atoms with Crippen LogP contribution >= 0.6 is 0 Å². The van der Waals surface area contributed by atoms with Crippen molar-refractivity contribution in [3.05, 3.63) is 30.1 Å². The Balaban J connectivity index is 2.80. The average molecular weight is 279 g/mol. The number of carbonyl (C=O) groups excluding carboxylic acids is 2. The van der Waals surface area contributed by atoms with Crippen LogP contribution in [-0.4, -0.2) is 30.1 Å². The molecule has 0 N–H and O–H groups in total. The van der Waals surface area contributed by atoms with Crippen LogP contribution in [0.1, 0.15) is 26.3 Å². The minimum Gasteiger partial charge on any atom is -0.465 e. The van der Waals surface area contributed by atoms with Gasteiger partial charge in [0.25, 0.3) is 0 Å². The largest absolute Gasteiger partial charge is 0.465 e. The molecule has 1 heterocycles. The predicted molar refractivity (Wildman–Crippen MR) is 73.9 cm³/mol. The van der Waals surface area contributed by atoms with Gasteiger partial charge in [-0.15, -0.1) is 0 Å². The number of pyridine rings is 1. The van der Waals surface area contributed by atoms with Crippen LogP contribution in [0.5, 0.6) is 0 Å². The monoisotopic (exact) mass is 279 g/mol. The molecule has 1 rings (SSSR count). The van der Waals surface area contributed by atoms with Crippen molar-refractivity contribution in [3.63, 3.8) is 0 Å². The highest BCUT2D eigenvalue weighted by Gasteiger charge is 2.34. The first-order valence-corrected chi connectivity index (χ1v) is 6.82. The summed E-state index contributed by atoms with van der Waals surface area (Å²) in [5.41, 5.74) is 0.971. The van der Waals surface area contributed by atoms with E-state index in [0.717, 1.165) is 5.56 Å². The summed E-state index contributed by atoms with van der Waals surface area (Å²) >= 11 is 0. The van der Waals surface area contributed by atoms with Gasteiger partial charge < -0.3 is 9.47 Å². The highest BCUT2D eigenvalue weighted by molar-refractivity contribution is 5.95. The third-order valence-corrected chi connectivity index (χ3v) is 2.93. The molecule has 0 radical (unpaired) electrons. The second kappa shape index (κ2) is 8.30. The molecule has 0 aliphatic heterocycles. The number of carbonyl (C=O) groups is 2. The van der Waals surface area contributed by atoms with Gasteiger partial charge in [-0.3, -0.25) is 14.6 Å². The highest BCUT2D eigenvalue weighted by Crippen LogP contribution is 2.20. The van der Waals surface area contributed by atoms with E-state index in [0.29, 0.717) is 6.42 Å².